The van der Waals surface area contributed by atoms with Gasteiger partial charge in [-0.15, -0.1) is 0 Å². The van der Waals surface area contributed by atoms with Gasteiger partial charge in [-0.3, -0.25) is 4.79 Å². The monoisotopic (exact) mass is 428 g/mol. The number of rotatable bonds is 6. The predicted octanol–water partition coefficient (Wildman–Crippen LogP) is 3.91. The van der Waals surface area contributed by atoms with Crippen LogP contribution in [0.15, 0.2) is 66.9 Å². The summed E-state index contributed by atoms with van der Waals surface area (Å²) in [6, 6.07) is 21.2. The quantitative estimate of drug-likeness (QED) is 0.592. The zero-order valence-corrected chi connectivity index (χ0v) is 18.1. The predicted molar refractivity (Wildman–Crippen MR) is 121 cm³/mol. The van der Waals surface area contributed by atoms with Gasteiger partial charge in [0.25, 0.3) is 0 Å². The van der Waals surface area contributed by atoms with Gasteiger partial charge in [-0.2, -0.15) is 5.26 Å². The average molecular weight is 428 g/mol. The number of carbonyl (C=O) groups is 1. The second kappa shape index (κ2) is 9.50. The van der Waals surface area contributed by atoms with E-state index in [-0.39, 0.29) is 18.6 Å². The number of nitrogens with zero attached hydrogens (tertiary/aromatic N) is 4. The van der Waals surface area contributed by atoms with Gasteiger partial charge >= 0.3 is 0 Å². The minimum absolute atomic E-state index is 0.0159. The Hall–Kier alpha value is -3.89. The first-order valence-corrected chi connectivity index (χ1v) is 10.3. The van der Waals surface area contributed by atoms with E-state index in [1.807, 2.05) is 67.5 Å². The SMILES string of the molecule is CN(c1ccc(Oc2ccc(CC3COCC(=O)N3C)cc2)cc1)c1ncccc1C#N. The average Bonchev–Trinajstić information content (AvgIpc) is 2.83. The molecule has 1 atom stereocenters. The van der Waals surface area contributed by atoms with E-state index in [1.165, 1.54) is 0 Å². The van der Waals surface area contributed by atoms with Crippen molar-refractivity contribution in [3.63, 3.8) is 0 Å². The molecule has 1 unspecified atom stereocenters. The van der Waals surface area contributed by atoms with Crippen LogP contribution < -0.4 is 9.64 Å². The highest BCUT2D eigenvalue weighted by molar-refractivity contribution is 5.78. The summed E-state index contributed by atoms with van der Waals surface area (Å²) in [6.45, 7) is 0.714. The molecule has 7 nitrogen and oxygen atoms in total. The molecule has 162 valence electrons. The molecule has 2 aromatic carbocycles. The number of pyridine rings is 1. The maximum Gasteiger partial charge on any atom is 0.248 e. The number of morpholine rings is 1. The Kier molecular flexibility index (Phi) is 6.34. The third-order valence-electron chi connectivity index (χ3n) is 5.56. The molecule has 1 fully saturated rings. The van der Waals surface area contributed by atoms with Gasteiger partial charge in [-0.1, -0.05) is 12.1 Å². The Bertz CT molecular complexity index is 1120. The summed E-state index contributed by atoms with van der Waals surface area (Å²) in [4.78, 5) is 19.7. The zero-order valence-electron chi connectivity index (χ0n) is 18.1. The highest BCUT2D eigenvalue weighted by atomic mass is 16.5. The minimum Gasteiger partial charge on any atom is -0.457 e. The Labute approximate surface area is 187 Å². The first-order chi connectivity index (χ1) is 15.5. The van der Waals surface area contributed by atoms with Crippen LogP contribution in [0.5, 0.6) is 11.5 Å². The fourth-order valence-electron chi connectivity index (χ4n) is 3.61. The molecule has 32 heavy (non-hydrogen) atoms. The van der Waals surface area contributed by atoms with Gasteiger partial charge in [0.05, 0.1) is 18.2 Å². The molecule has 1 aromatic heterocycles. The van der Waals surface area contributed by atoms with E-state index in [0.29, 0.717) is 23.7 Å². The number of aromatic nitrogens is 1. The molecule has 1 saturated heterocycles. The van der Waals surface area contributed by atoms with Gasteiger partial charge in [0, 0.05) is 26.0 Å². The smallest absolute Gasteiger partial charge is 0.248 e. The standard InChI is InChI=1S/C25H24N4O3/c1-28-21(16-31-17-24(28)30)14-18-5-9-22(10-6-18)32-23-11-7-20(8-12-23)29(2)25-19(15-26)4-3-13-27-25/h3-13,21H,14,16-17H2,1-2H3. The summed E-state index contributed by atoms with van der Waals surface area (Å²) in [5.74, 6) is 2.07. The van der Waals surface area contributed by atoms with E-state index in [9.17, 15) is 10.1 Å². The summed E-state index contributed by atoms with van der Waals surface area (Å²) in [5.41, 5.74) is 2.54. The van der Waals surface area contributed by atoms with Crippen molar-refractivity contribution in [3.05, 3.63) is 78.0 Å². The van der Waals surface area contributed by atoms with Crippen molar-refractivity contribution < 1.29 is 14.3 Å². The van der Waals surface area contributed by atoms with Crippen LogP contribution in [0, 0.1) is 11.3 Å². The zero-order chi connectivity index (χ0) is 22.5. The molecule has 0 N–H and O–H groups in total. The molecule has 0 aliphatic carbocycles. The summed E-state index contributed by atoms with van der Waals surface area (Å²) in [5, 5.41) is 9.30. The number of nitriles is 1. The molecule has 0 spiro atoms. The lowest BCUT2D eigenvalue weighted by atomic mass is 10.0. The van der Waals surface area contributed by atoms with E-state index in [4.69, 9.17) is 9.47 Å². The highest BCUT2D eigenvalue weighted by Gasteiger charge is 2.25. The largest absolute Gasteiger partial charge is 0.457 e. The topological polar surface area (TPSA) is 78.7 Å². The molecule has 0 radical (unpaired) electrons. The summed E-state index contributed by atoms with van der Waals surface area (Å²) < 4.78 is 11.3. The van der Waals surface area contributed by atoms with Crippen LogP contribution in [0.2, 0.25) is 0 Å². The molecule has 7 heteroatoms. The summed E-state index contributed by atoms with van der Waals surface area (Å²) in [6.07, 6.45) is 2.41. The molecule has 3 aromatic rings. The summed E-state index contributed by atoms with van der Waals surface area (Å²) >= 11 is 0. The van der Waals surface area contributed by atoms with Crippen molar-refractivity contribution in [2.45, 2.75) is 12.5 Å². The maximum atomic E-state index is 11.8. The van der Waals surface area contributed by atoms with E-state index < -0.39 is 0 Å². The van der Waals surface area contributed by atoms with E-state index in [1.54, 1.807) is 23.2 Å². The Morgan fingerprint density at radius 3 is 2.53 bits per heavy atom. The van der Waals surface area contributed by atoms with Crippen LogP contribution in [0.1, 0.15) is 11.1 Å². The number of amides is 1. The van der Waals surface area contributed by atoms with E-state index in [2.05, 4.69) is 11.1 Å². The van der Waals surface area contributed by atoms with Crippen molar-refractivity contribution in [1.82, 2.24) is 9.88 Å². The number of anilines is 2. The Balaban J connectivity index is 1.39. The van der Waals surface area contributed by atoms with Crippen LogP contribution in [0.3, 0.4) is 0 Å². The third kappa shape index (κ3) is 4.71. The molecule has 0 saturated carbocycles. The fraction of sp³-hybridized carbons (Fsp3) is 0.240. The molecule has 1 amide bonds. The molecule has 0 bridgehead atoms. The number of benzene rings is 2. The van der Waals surface area contributed by atoms with Gasteiger partial charge in [0.1, 0.15) is 24.2 Å². The van der Waals surface area contributed by atoms with Crippen LogP contribution in [0.25, 0.3) is 0 Å². The van der Waals surface area contributed by atoms with Crippen molar-refractivity contribution in [2.75, 3.05) is 32.2 Å². The first-order valence-electron chi connectivity index (χ1n) is 10.3. The van der Waals surface area contributed by atoms with E-state index >= 15 is 0 Å². The second-order valence-electron chi connectivity index (χ2n) is 7.66. The van der Waals surface area contributed by atoms with Crippen LogP contribution in [-0.2, 0) is 16.0 Å². The normalized spacial score (nSPS) is 15.8. The number of ether oxygens (including phenoxy) is 2. The maximum absolute atomic E-state index is 11.8. The van der Waals surface area contributed by atoms with Crippen molar-refractivity contribution in [3.8, 4) is 17.6 Å². The minimum atomic E-state index is 0.0159. The molecular formula is C25H24N4O3. The number of likely N-dealkylation sites (N-methyl/N-ethyl adjacent to an activating group) is 1. The lowest BCUT2D eigenvalue weighted by Gasteiger charge is -2.32. The van der Waals surface area contributed by atoms with Crippen LogP contribution in [0.4, 0.5) is 11.5 Å². The lowest BCUT2D eigenvalue weighted by molar-refractivity contribution is -0.145. The molecule has 4 rings (SSSR count). The van der Waals surface area contributed by atoms with Gasteiger partial charge in [0.15, 0.2) is 5.82 Å². The second-order valence-corrected chi connectivity index (χ2v) is 7.66. The van der Waals surface area contributed by atoms with E-state index in [0.717, 1.165) is 23.4 Å². The molecule has 1 aliphatic heterocycles. The number of hydrogen-bond donors (Lipinski definition) is 0. The van der Waals surface area contributed by atoms with Gasteiger partial charge < -0.3 is 19.3 Å². The lowest BCUT2D eigenvalue weighted by Crippen LogP contribution is -2.47. The van der Waals surface area contributed by atoms with Crippen molar-refractivity contribution in [1.29, 1.82) is 5.26 Å². The van der Waals surface area contributed by atoms with Crippen molar-refractivity contribution >= 4 is 17.4 Å². The van der Waals surface area contributed by atoms with Gasteiger partial charge in [-0.25, -0.2) is 4.98 Å². The molecular weight excluding hydrogens is 404 g/mol. The Morgan fingerprint density at radius 1 is 1.16 bits per heavy atom. The molecule has 1 aliphatic rings. The highest BCUT2D eigenvalue weighted by Crippen LogP contribution is 2.28. The van der Waals surface area contributed by atoms with Crippen LogP contribution >= 0.6 is 0 Å². The number of hydrogen-bond acceptors (Lipinski definition) is 6. The van der Waals surface area contributed by atoms with Crippen molar-refractivity contribution in [2.24, 2.45) is 0 Å². The third-order valence-corrected chi connectivity index (χ3v) is 5.56. The fourth-order valence-corrected chi connectivity index (χ4v) is 3.61. The van der Waals surface area contributed by atoms with Gasteiger partial charge in [-0.05, 0) is 60.5 Å². The Morgan fingerprint density at radius 2 is 1.84 bits per heavy atom. The summed E-state index contributed by atoms with van der Waals surface area (Å²) in [7, 11) is 3.70. The van der Waals surface area contributed by atoms with Crippen LogP contribution in [-0.4, -0.2) is 49.1 Å². The number of carbonyl (C=O) groups excluding carboxylic acids is 1. The molecule has 2 heterocycles. The van der Waals surface area contributed by atoms with Gasteiger partial charge in [0.2, 0.25) is 5.91 Å². The first kappa shape index (κ1) is 21.3.